The number of carbonyl (C=O) groups excluding carboxylic acids is 1. The van der Waals surface area contributed by atoms with E-state index in [1.807, 2.05) is 0 Å². The van der Waals surface area contributed by atoms with E-state index >= 15 is 0 Å². The summed E-state index contributed by atoms with van der Waals surface area (Å²) in [6, 6.07) is -4.77. The van der Waals surface area contributed by atoms with E-state index in [2.05, 4.69) is 5.32 Å². The summed E-state index contributed by atoms with van der Waals surface area (Å²) in [5, 5.41) is 77.5. The molecule has 0 bridgehead atoms. The molecule has 21 heteroatoms. The lowest BCUT2D eigenvalue weighted by molar-refractivity contribution is -0.295. The Labute approximate surface area is 282 Å². The van der Waals surface area contributed by atoms with Gasteiger partial charge in [-0.05, 0) is 6.42 Å². The molecule has 20 N–H and O–H groups in total. The molecule has 2 saturated carbocycles. The van der Waals surface area contributed by atoms with Crippen LogP contribution in [0, 0.1) is 0 Å². The van der Waals surface area contributed by atoms with Crippen LogP contribution in [0.15, 0.2) is 0 Å². The molecule has 21 nitrogen and oxygen atoms in total. The molecule has 0 aromatic heterocycles. The molecule has 2 unspecified atom stereocenters. The van der Waals surface area contributed by atoms with Gasteiger partial charge >= 0.3 is 0 Å². The minimum atomic E-state index is -1.73. The Bertz CT molecular complexity index is 1110. The van der Waals surface area contributed by atoms with Crippen molar-refractivity contribution < 1.29 is 69.0 Å². The highest BCUT2D eigenvalue weighted by Gasteiger charge is 2.55. The van der Waals surface area contributed by atoms with Crippen molar-refractivity contribution in [3.63, 3.8) is 0 Å². The largest absolute Gasteiger partial charge is 0.394 e. The maximum absolute atomic E-state index is 13.0. The number of ether oxygens (including phenoxy) is 6. The fourth-order valence-electron chi connectivity index (χ4n) is 7.10. The van der Waals surface area contributed by atoms with Gasteiger partial charge in [0.25, 0.3) is 5.91 Å². The second-order valence-corrected chi connectivity index (χ2v) is 13.8. The van der Waals surface area contributed by atoms with Gasteiger partial charge in [0, 0.05) is 44.4 Å². The lowest BCUT2D eigenvalue weighted by Crippen LogP contribution is -2.69. The summed E-state index contributed by atoms with van der Waals surface area (Å²) in [5.74, 6) is -0.770. The third-order valence-electron chi connectivity index (χ3n) is 10.1. The average molecular weight is 712 g/mol. The molecule has 5 fully saturated rings. The highest BCUT2D eigenvalue weighted by atomic mass is 16.8. The number of rotatable bonds is 11. The van der Waals surface area contributed by atoms with Crippen LogP contribution in [0.2, 0.25) is 0 Å². The smallest absolute Gasteiger partial charge is 0.252 e. The van der Waals surface area contributed by atoms with Crippen molar-refractivity contribution in [1.82, 2.24) is 5.32 Å². The quantitative estimate of drug-likeness (QED) is 0.0945. The molecule has 3 heterocycles. The molecule has 18 atom stereocenters. The standard InChI is InChI=1S/C28H53N7O14/c29-5-9-1-12(37)15(33)24(44-9)47-21-10(32)2-11(35-27(42)28(43)3-8(31)4-28)17(38)23(21)49-26-20(41)22(14(7-36)46-26)48-25-16(34)19(40)18(39)13(6-30)45-25/h8-26,36-41,43H,1-7,29-34H2,(H,35,42)/t8?,9-,10-,11+,12+,13-,14?,15+,16+,17-,18+,19+,20+,21?,22+,23+,24+,25+,26-,28?/m0/s1. The van der Waals surface area contributed by atoms with Gasteiger partial charge in [0.1, 0.15) is 60.5 Å². The molecule has 284 valence electrons. The van der Waals surface area contributed by atoms with Gasteiger partial charge in [0.2, 0.25) is 0 Å². The van der Waals surface area contributed by atoms with Gasteiger partial charge in [-0.2, -0.15) is 0 Å². The molecule has 5 aliphatic rings. The van der Waals surface area contributed by atoms with Crippen LogP contribution < -0.4 is 39.7 Å². The predicted molar refractivity (Wildman–Crippen MR) is 163 cm³/mol. The summed E-state index contributed by atoms with van der Waals surface area (Å²) in [7, 11) is 0. The Hall–Kier alpha value is -1.29. The maximum atomic E-state index is 13.0. The Balaban J connectivity index is 1.36. The van der Waals surface area contributed by atoms with Crippen molar-refractivity contribution in [1.29, 1.82) is 0 Å². The topological polar surface area (TPSA) is 382 Å². The van der Waals surface area contributed by atoms with E-state index in [9.17, 15) is 40.5 Å². The molecule has 3 aliphatic heterocycles. The van der Waals surface area contributed by atoms with Crippen LogP contribution in [0.3, 0.4) is 0 Å². The summed E-state index contributed by atoms with van der Waals surface area (Å²) in [4.78, 5) is 13.0. The minimum absolute atomic E-state index is 0.0172. The number of hydrogen-bond donors (Lipinski definition) is 14. The van der Waals surface area contributed by atoms with Crippen LogP contribution in [0.4, 0.5) is 0 Å². The number of nitrogens with one attached hydrogen (secondary N) is 1. The van der Waals surface area contributed by atoms with Crippen LogP contribution in [0.1, 0.15) is 25.7 Å². The van der Waals surface area contributed by atoms with Gasteiger partial charge in [-0.15, -0.1) is 0 Å². The van der Waals surface area contributed by atoms with E-state index in [0.717, 1.165) is 0 Å². The highest BCUT2D eigenvalue weighted by molar-refractivity contribution is 5.86. The molecule has 0 spiro atoms. The Morgan fingerprint density at radius 3 is 1.96 bits per heavy atom. The van der Waals surface area contributed by atoms with Crippen molar-refractivity contribution in [3.05, 3.63) is 0 Å². The molecule has 5 rings (SSSR count). The second-order valence-electron chi connectivity index (χ2n) is 13.8. The summed E-state index contributed by atoms with van der Waals surface area (Å²) < 4.78 is 35.4. The molecule has 2 aliphatic carbocycles. The zero-order chi connectivity index (χ0) is 35.9. The third-order valence-corrected chi connectivity index (χ3v) is 10.1. The SMILES string of the molecule is NC[C@@H]1C[C@@H](O)[C@@H](N)[C@@H](OC2[C@@H](N)C[C@@H](NC(=O)C3(O)CC(N)C3)[C@H](O)[C@H]2O[C@@H]2OC(CO)[C@@H](O[C@H]3O[C@@H](CN)[C@@H](O)[C@H](O)[C@H]3N)[C@H]2O)O1. The highest BCUT2D eigenvalue weighted by Crippen LogP contribution is 2.36. The predicted octanol–water partition coefficient (Wildman–Crippen LogP) is -8.86. The zero-order valence-corrected chi connectivity index (χ0v) is 26.9. The van der Waals surface area contributed by atoms with Gasteiger partial charge in [-0.25, -0.2) is 0 Å². The summed E-state index contributed by atoms with van der Waals surface area (Å²) in [6.45, 7) is -0.833. The van der Waals surface area contributed by atoms with E-state index in [-0.39, 0.29) is 44.8 Å². The van der Waals surface area contributed by atoms with Gasteiger partial charge in [0.15, 0.2) is 18.9 Å². The normalized spacial score (nSPS) is 52.1. The van der Waals surface area contributed by atoms with Crippen LogP contribution in [-0.4, -0.2) is 183 Å². The zero-order valence-electron chi connectivity index (χ0n) is 26.9. The summed E-state index contributed by atoms with van der Waals surface area (Å²) in [5.41, 5.74) is 34.2. The summed E-state index contributed by atoms with van der Waals surface area (Å²) >= 11 is 0. The monoisotopic (exact) mass is 711 g/mol. The van der Waals surface area contributed by atoms with Crippen LogP contribution >= 0.6 is 0 Å². The van der Waals surface area contributed by atoms with Crippen molar-refractivity contribution in [2.75, 3.05) is 19.7 Å². The second kappa shape index (κ2) is 15.8. The van der Waals surface area contributed by atoms with Gasteiger partial charge < -0.3 is 104 Å². The Morgan fingerprint density at radius 1 is 0.735 bits per heavy atom. The molecule has 0 radical (unpaired) electrons. The number of hydrogen-bond acceptors (Lipinski definition) is 20. The first kappa shape index (κ1) is 38.9. The number of aliphatic hydroxyl groups excluding tert-OH is 6. The molecule has 3 saturated heterocycles. The Morgan fingerprint density at radius 2 is 1.35 bits per heavy atom. The average Bonchev–Trinajstić information content (AvgIpc) is 3.35. The van der Waals surface area contributed by atoms with Crippen molar-refractivity contribution in [3.8, 4) is 0 Å². The van der Waals surface area contributed by atoms with Crippen LogP contribution in [0.5, 0.6) is 0 Å². The molecule has 49 heavy (non-hydrogen) atoms. The number of nitrogens with two attached hydrogens (primary N) is 6. The molecule has 0 aromatic rings. The summed E-state index contributed by atoms with van der Waals surface area (Å²) in [6.07, 6.45) is -18.4. The Kier molecular flexibility index (Phi) is 12.5. The maximum Gasteiger partial charge on any atom is 0.252 e. The van der Waals surface area contributed by atoms with E-state index in [4.69, 9.17) is 62.8 Å². The van der Waals surface area contributed by atoms with Gasteiger partial charge in [-0.3, -0.25) is 4.79 Å². The molecular formula is C28H53N7O14. The lowest BCUT2D eigenvalue weighted by Gasteiger charge is -2.48. The molecule has 0 aromatic carbocycles. The van der Waals surface area contributed by atoms with Crippen molar-refractivity contribution in [2.45, 2.75) is 148 Å². The van der Waals surface area contributed by atoms with Crippen LogP contribution in [-0.2, 0) is 33.2 Å². The van der Waals surface area contributed by atoms with Crippen molar-refractivity contribution >= 4 is 5.91 Å². The lowest BCUT2D eigenvalue weighted by atomic mass is 9.75. The molecular weight excluding hydrogens is 658 g/mol. The van der Waals surface area contributed by atoms with E-state index in [0.29, 0.717) is 0 Å². The fraction of sp³-hybridized carbons (Fsp3) is 0.964. The first-order valence-electron chi connectivity index (χ1n) is 16.5. The van der Waals surface area contributed by atoms with Gasteiger partial charge in [0.05, 0.1) is 36.9 Å². The minimum Gasteiger partial charge on any atom is -0.394 e. The van der Waals surface area contributed by atoms with E-state index in [1.165, 1.54) is 0 Å². The van der Waals surface area contributed by atoms with E-state index in [1.54, 1.807) is 0 Å². The third kappa shape index (κ3) is 7.90. The number of amides is 1. The van der Waals surface area contributed by atoms with Crippen LogP contribution in [0.25, 0.3) is 0 Å². The first-order valence-corrected chi connectivity index (χ1v) is 16.5. The van der Waals surface area contributed by atoms with Gasteiger partial charge in [-0.1, -0.05) is 0 Å². The molecule has 1 amide bonds. The fourth-order valence-corrected chi connectivity index (χ4v) is 7.10. The van der Waals surface area contributed by atoms with Crippen molar-refractivity contribution in [2.24, 2.45) is 34.4 Å². The first-order chi connectivity index (χ1) is 23.1. The van der Waals surface area contributed by atoms with E-state index < -0.39 is 128 Å². The number of aliphatic hydroxyl groups is 7. The number of carbonyl (C=O) groups is 1.